The Hall–Kier alpha value is -4.38. The molecule has 4 aliphatic rings. The minimum Gasteiger partial charge on any atom is -0.460 e. The van der Waals surface area contributed by atoms with Crippen molar-refractivity contribution in [3.63, 3.8) is 0 Å². The summed E-state index contributed by atoms with van der Waals surface area (Å²) in [5.74, 6) is 1.30. The summed E-state index contributed by atoms with van der Waals surface area (Å²) in [5.41, 5.74) is 5.37. The van der Waals surface area contributed by atoms with E-state index in [9.17, 15) is 10.2 Å². The summed E-state index contributed by atoms with van der Waals surface area (Å²) >= 11 is 1.76. The highest BCUT2D eigenvalue weighted by Gasteiger charge is 2.64. The molecule has 4 aromatic carbocycles. The van der Waals surface area contributed by atoms with E-state index in [1.165, 1.54) is 0 Å². The number of allylic oxidation sites excluding steroid dienone is 1. The number of thioether (sulfide) groups is 1. The van der Waals surface area contributed by atoms with Crippen molar-refractivity contribution < 1.29 is 34.0 Å². The SMILES string of the molecule is C=CCO[C@@]12Oc3ccc(Oc4ccc(-c5ccccc5)cc4)cc3[C@H]3[C@H](CCCCO)[C@@H](CCCCO)C=C(C(=NOC4CCCCO4)C[C@@H]1Sc1ccccc1)[C@H]32. The minimum absolute atomic E-state index is 0.0410. The van der Waals surface area contributed by atoms with E-state index in [-0.39, 0.29) is 48.4 Å². The number of fused-ring (bicyclic) bond motifs is 2. The molecule has 1 saturated carbocycles. The Morgan fingerprint density at radius 1 is 0.831 bits per heavy atom. The van der Waals surface area contributed by atoms with E-state index < -0.39 is 5.79 Å². The molecule has 7 atom stereocenters. The van der Waals surface area contributed by atoms with Crippen molar-refractivity contribution in [2.24, 2.45) is 22.9 Å². The third-order valence-electron chi connectivity index (χ3n) is 12.3. The van der Waals surface area contributed by atoms with E-state index in [1.54, 1.807) is 11.8 Å². The van der Waals surface area contributed by atoms with Gasteiger partial charge in [-0.05, 0) is 110 Å². The average Bonchev–Trinajstić information content (AvgIpc) is 3.28. The molecule has 0 bridgehead atoms. The molecule has 0 radical (unpaired) electrons. The van der Waals surface area contributed by atoms with Crippen LogP contribution in [0.25, 0.3) is 11.1 Å². The van der Waals surface area contributed by atoms with E-state index in [4.69, 9.17) is 28.9 Å². The van der Waals surface area contributed by atoms with E-state index in [0.717, 1.165) is 108 Å². The van der Waals surface area contributed by atoms with Crippen molar-refractivity contribution in [3.05, 3.63) is 133 Å². The monoisotopic (exact) mass is 815 g/mol. The molecule has 9 heteroatoms. The summed E-state index contributed by atoms with van der Waals surface area (Å²) in [6.07, 6.45) is 12.4. The first-order chi connectivity index (χ1) is 29.1. The van der Waals surface area contributed by atoms with Crippen molar-refractivity contribution >= 4 is 17.5 Å². The molecule has 0 spiro atoms. The molecule has 8 rings (SSSR count). The van der Waals surface area contributed by atoms with E-state index >= 15 is 0 Å². The van der Waals surface area contributed by atoms with Gasteiger partial charge in [0, 0.05) is 42.4 Å². The van der Waals surface area contributed by atoms with Gasteiger partial charge in [-0.25, -0.2) is 0 Å². The Bertz CT molecular complexity index is 2030. The number of oxime groups is 1. The molecule has 8 nitrogen and oxygen atoms in total. The fourth-order valence-electron chi connectivity index (χ4n) is 9.55. The number of ether oxygens (including phenoxy) is 4. The number of aliphatic hydroxyl groups excluding tert-OH is 2. The number of aliphatic hydroxyl groups is 2. The third-order valence-corrected chi connectivity index (χ3v) is 13.6. The van der Waals surface area contributed by atoms with Crippen LogP contribution in [0.4, 0.5) is 0 Å². The van der Waals surface area contributed by atoms with E-state index in [2.05, 4.69) is 73.3 Å². The maximum Gasteiger partial charge on any atom is 0.231 e. The first kappa shape index (κ1) is 41.4. The molecule has 2 heterocycles. The zero-order valence-corrected chi connectivity index (χ0v) is 34.6. The van der Waals surface area contributed by atoms with Gasteiger partial charge in [0.1, 0.15) is 17.2 Å². The summed E-state index contributed by atoms with van der Waals surface area (Å²) in [6, 6.07) is 35.3. The molecular formula is C50H57NO7S. The molecule has 1 unspecified atom stereocenters. The summed E-state index contributed by atoms with van der Waals surface area (Å²) in [6.45, 7) is 5.36. The number of hydrogen-bond donors (Lipinski definition) is 2. The molecule has 2 aliphatic carbocycles. The second-order valence-electron chi connectivity index (χ2n) is 16.1. The van der Waals surface area contributed by atoms with Crippen molar-refractivity contribution in [2.75, 3.05) is 26.4 Å². The van der Waals surface area contributed by atoms with E-state index in [0.29, 0.717) is 19.6 Å². The zero-order chi connectivity index (χ0) is 40.4. The van der Waals surface area contributed by atoms with Crippen LogP contribution in [0.1, 0.15) is 75.7 Å². The highest BCUT2D eigenvalue weighted by atomic mass is 32.2. The number of rotatable bonds is 18. The van der Waals surface area contributed by atoms with Crippen molar-refractivity contribution in [1.82, 2.24) is 0 Å². The van der Waals surface area contributed by atoms with Crippen LogP contribution in [-0.4, -0.2) is 59.7 Å². The number of nitrogens with zero attached hydrogens (tertiary/aromatic N) is 1. The summed E-state index contributed by atoms with van der Waals surface area (Å²) in [5, 5.41) is 24.7. The van der Waals surface area contributed by atoms with Crippen molar-refractivity contribution in [2.45, 2.75) is 92.3 Å². The molecular weight excluding hydrogens is 759 g/mol. The average molecular weight is 816 g/mol. The molecule has 0 amide bonds. The van der Waals surface area contributed by atoms with Gasteiger partial charge in [0.2, 0.25) is 12.1 Å². The Labute approximate surface area is 353 Å². The van der Waals surface area contributed by atoms with Gasteiger partial charge in [0.05, 0.1) is 30.1 Å². The summed E-state index contributed by atoms with van der Waals surface area (Å²) in [4.78, 5) is 7.39. The Morgan fingerprint density at radius 3 is 2.29 bits per heavy atom. The van der Waals surface area contributed by atoms with Crippen LogP contribution < -0.4 is 9.47 Å². The Kier molecular flexibility index (Phi) is 13.9. The molecule has 0 aromatic heterocycles. The topological polar surface area (TPSA) is 99.0 Å². The third kappa shape index (κ3) is 9.35. The molecule has 2 aliphatic heterocycles. The predicted molar refractivity (Wildman–Crippen MR) is 234 cm³/mol. The van der Waals surface area contributed by atoms with Gasteiger partial charge in [-0.1, -0.05) is 90.8 Å². The van der Waals surface area contributed by atoms with Crippen LogP contribution in [0.5, 0.6) is 17.2 Å². The first-order valence-corrected chi connectivity index (χ1v) is 22.4. The smallest absolute Gasteiger partial charge is 0.231 e. The van der Waals surface area contributed by atoms with Gasteiger partial charge in [-0.2, -0.15) is 0 Å². The van der Waals surface area contributed by atoms with Crippen LogP contribution in [0.2, 0.25) is 0 Å². The Balaban J connectivity index is 1.25. The standard InChI is InChI=1S/C50H57NO7S/c1-2-30-55-50-46(59-40-18-7-4-8-19-40)34-44(51-58-47-21-11-14-31-54-47)42-32-37(17-9-12-28-52)41(20-10-13-29-53)48(49(42)50)43-33-39(26-27-45(43)57-50)56-38-24-22-36(23-25-38)35-15-5-3-6-16-35/h2-8,15-16,18-19,22-27,32-33,37,41,46-49,52-53H,1,9-14,17,20-21,28-31,34H2/t37-,41+,46-,47?,48+,49+,50+/m0/s1. The summed E-state index contributed by atoms with van der Waals surface area (Å²) in [7, 11) is 0. The second-order valence-corrected chi connectivity index (χ2v) is 17.3. The minimum atomic E-state index is -1.07. The number of benzene rings is 4. The van der Waals surface area contributed by atoms with Gasteiger partial charge in [-0.15, -0.1) is 18.3 Å². The molecule has 59 heavy (non-hydrogen) atoms. The van der Waals surface area contributed by atoms with Crippen molar-refractivity contribution in [1.29, 1.82) is 0 Å². The lowest BCUT2D eigenvalue weighted by atomic mass is 9.56. The lowest BCUT2D eigenvalue weighted by molar-refractivity contribution is -0.223. The van der Waals surface area contributed by atoms with Crippen LogP contribution in [0.15, 0.2) is 137 Å². The molecule has 2 N–H and O–H groups in total. The zero-order valence-electron chi connectivity index (χ0n) is 33.8. The maximum absolute atomic E-state index is 9.98. The van der Waals surface area contributed by atoms with E-state index in [1.807, 2.05) is 48.5 Å². The lowest BCUT2D eigenvalue weighted by Crippen LogP contribution is -2.64. The second kappa shape index (κ2) is 19.8. The van der Waals surface area contributed by atoms with Crippen LogP contribution in [-0.2, 0) is 14.3 Å². The largest absolute Gasteiger partial charge is 0.460 e. The Morgan fingerprint density at radius 2 is 1.56 bits per heavy atom. The maximum atomic E-state index is 9.98. The van der Waals surface area contributed by atoms with Gasteiger partial charge in [0.25, 0.3) is 0 Å². The van der Waals surface area contributed by atoms with Crippen LogP contribution in [0.3, 0.4) is 0 Å². The molecule has 4 aromatic rings. The van der Waals surface area contributed by atoms with Gasteiger partial charge >= 0.3 is 0 Å². The highest BCUT2D eigenvalue weighted by Crippen LogP contribution is 2.63. The van der Waals surface area contributed by atoms with Gasteiger partial charge < -0.3 is 34.0 Å². The number of hydrogen-bond acceptors (Lipinski definition) is 9. The predicted octanol–water partition coefficient (Wildman–Crippen LogP) is 11.1. The fourth-order valence-corrected chi connectivity index (χ4v) is 10.9. The highest BCUT2D eigenvalue weighted by molar-refractivity contribution is 8.00. The first-order valence-electron chi connectivity index (χ1n) is 21.5. The quantitative estimate of drug-likeness (QED) is 0.0582. The molecule has 310 valence electrons. The van der Waals surface area contributed by atoms with Crippen LogP contribution in [0, 0.1) is 17.8 Å². The number of unbranched alkanes of at least 4 members (excludes halogenated alkanes) is 2. The summed E-state index contributed by atoms with van der Waals surface area (Å²) < 4.78 is 27.1. The molecule has 2 fully saturated rings. The van der Waals surface area contributed by atoms with Crippen LogP contribution >= 0.6 is 11.8 Å². The molecule has 1 saturated heterocycles. The van der Waals surface area contributed by atoms with Gasteiger partial charge in [0.15, 0.2) is 0 Å². The van der Waals surface area contributed by atoms with Gasteiger partial charge in [-0.3, -0.25) is 0 Å². The van der Waals surface area contributed by atoms with Crippen molar-refractivity contribution in [3.8, 4) is 28.4 Å². The fraction of sp³-hybridized carbons (Fsp3) is 0.420. The normalized spacial score (nSPS) is 26.5. The lowest BCUT2D eigenvalue weighted by Gasteiger charge is -2.58.